The number of hydrogen-bond acceptors (Lipinski definition) is 1. The number of nitrogens with zero attached hydrogens (tertiary/aromatic N) is 1. The first-order chi connectivity index (χ1) is 5.00. The van der Waals surface area contributed by atoms with Crippen LogP contribution in [0.25, 0.3) is 0 Å². The van der Waals surface area contributed by atoms with Crippen molar-refractivity contribution in [2.24, 2.45) is 0 Å². The minimum Gasteiger partial charge on any atom is -0.400 e. The highest BCUT2D eigenvalue weighted by Gasteiger charge is 2.20. The van der Waals surface area contributed by atoms with E-state index in [-0.39, 0.29) is 0 Å². The molecule has 0 bridgehead atoms. The summed E-state index contributed by atoms with van der Waals surface area (Å²) in [6.07, 6.45) is 6.72. The van der Waals surface area contributed by atoms with Crippen LogP contribution in [0.5, 0.6) is 0 Å². The topological polar surface area (TPSA) is 3.24 Å². The largest absolute Gasteiger partial charge is 0.400 e. The second-order valence-electron chi connectivity index (χ2n) is 4.09. The van der Waals surface area contributed by atoms with Crippen molar-refractivity contribution < 1.29 is 0 Å². The van der Waals surface area contributed by atoms with Crippen molar-refractivity contribution in [3.63, 3.8) is 0 Å². The smallest absolute Gasteiger partial charge is 0.147 e. The first kappa shape index (κ1) is 8.59. The van der Waals surface area contributed by atoms with E-state index in [2.05, 4.69) is 49.5 Å². The van der Waals surface area contributed by atoms with E-state index in [4.69, 9.17) is 0 Å². The van der Waals surface area contributed by atoms with Crippen LogP contribution in [0.2, 0.25) is 19.6 Å². The van der Waals surface area contributed by atoms with E-state index in [1.807, 2.05) is 0 Å². The van der Waals surface area contributed by atoms with Crippen molar-refractivity contribution in [2.75, 3.05) is 6.54 Å². The molecular formula is C9H17NSi. The Morgan fingerprint density at radius 2 is 2.00 bits per heavy atom. The zero-order valence-electron chi connectivity index (χ0n) is 7.89. The average Bonchev–Trinajstić information content (AvgIpc) is 1.86. The highest BCUT2D eigenvalue weighted by molar-refractivity contribution is 6.73. The molecule has 0 aromatic heterocycles. The van der Waals surface area contributed by atoms with Gasteiger partial charge in [-0.05, 0) is 19.2 Å². The summed E-state index contributed by atoms with van der Waals surface area (Å²) in [6, 6.07) is 0. The van der Waals surface area contributed by atoms with Gasteiger partial charge in [0.05, 0.1) is 0 Å². The maximum Gasteiger partial charge on any atom is 0.147 e. The van der Waals surface area contributed by atoms with Crippen LogP contribution in [0, 0.1) is 0 Å². The summed E-state index contributed by atoms with van der Waals surface area (Å²) in [5.41, 5.74) is 1.39. The Bertz CT molecular complexity index is 198. The third-order valence-corrected chi connectivity index (χ3v) is 4.04. The summed E-state index contributed by atoms with van der Waals surface area (Å²) in [6.45, 7) is 10.4. The van der Waals surface area contributed by atoms with Gasteiger partial charge in [0.1, 0.15) is 8.24 Å². The fourth-order valence-corrected chi connectivity index (χ4v) is 2.24. The van der Waals surface area contributed by atoms with Gasteiger partial charge in [0.2, 0.25) is 0 Å². The van der Waals surface area contributed by atoms with Crippen molar-refractivity contribution in [2.45, 2.75) is 26.6 Å². The molecule has 0 saturated carbocycles. The summed E-state index contributed by atoms with van der Waals surface area (Å²) in [5.74, 6) is 0. The normalized spacial score (nSPS) is 18.5. The number of allylic oxidation sites excluding steroid dienone is 2. The Kier molecular flexibility index (Phi) is 2.23. The quantitative estimate of drug-likeness (QED) is 0.543. The molecule has 0 radical (unpaired) electrons. The molecule has 0 saturated heterocycles. The summed E-state index contributed by atoms with van der Waals surface area (Å²) >= 11 is 0. The summed E-state index contributed by atoms with van der Waals surface area (Å²) < 4.78 is 2.47. The molecule has 2 heteroatoms. The summed E-state index contributed by atoms with van der Waals surface area (Å²) in [7, 11) is -1.08. The first-order valence-electron chi connectivity index (χ1n) is 4.12. The molecule has 11 heavy (non-hydrogen) atoms. The molecule has 0 amide bonds. The van der Waals surface area contributed by atoms with Crippen molar-refractivity contribution >= 4 is 8.24 Å². The average molecular weight is 167 g/mol. The molecule has 1 aliphatic rings. The number of rotatable bonds is 1. The predicted octanol–water partition coefficient (Wildman–Crippen LogP) is 2.60. The molecule has 0 aromatic rings. The van der Waals surface area contributed by atoms with Crippen LogP contribution in [0.15, 0.2) is 23.9 Å². The van der Waals surface area contributed by atoms with Gasteiger partial charge >= 0.3 is 0 Å². The zero-order chi connectivity index (χ0) is 8.48. The van der Waals surface area contributed by atoms with Gasteiger partial charge in [-0.3, -0.25) is 0 Å². The molecule has 1 nitrogen and oxygen atoms in total. The molecule has 62 valence electrons. The maximum absolute atomic E-state index is 2.47. The molecule has 1 rings (SSSR count). The molecule has 0 aliphatic carbocycles. The van der Waals surface area contributed by atoms with Gasteiger partial charge in [-0.2, -0.15) is 0 Å². The van der Waals surface area contributed by atoms with Crippen LogP contribution in [0.4, 0.5) is 0 Å². The second kappa shape index (κ2) is 2.86. The summed E-state index contributed by atoms with van der Waals surface area (Å²) in [5, 5.41) is 0. The third-order valence-electron chi connectivity index (χ3n) is 1.99. The molecule has 0 atom stereocenters. The minimum atomic E-state index is -1.08. The van der Waals surface area contributed by atoms with E-state index >= 15 is 0 Å². The Hall–Kier alpha value is -0.503. The zero-order valence-corrected chi connectivity index (χ0v) is 8.89. The van der Waals surface area contributed by atoms with Gasteiger partial charge in [-0.1, -0.05) is 31.3 Å². The Morgan fingerprint density at radius 1 is 1.36 bits per heavy atom. The molecular weight excluding hydrogens is 150 g/mol. The number of hydrogen-bond donors (Lipinski definition) is 0. The molecule has 0 fully saturated rings. The van der Waals surface area contributed by atoms with Crippen LogP contribution < -0.4 is 0 Å². The lowest BCUT2D eigenvalue weighted by atomic mass is 10.2. The van der Waals surface area contributed by atoms with E-state index in [1.165, 1.54) is 5.57 Å². The molecule has 0 aromatic carbocycles. The second-order valence-corrected chi connectivity index (χ2v) is 9.00. The fourth-order valence-electron chi connectivity index (χ4n) is 1.08. The van der Waals surface area contributed by atoms with Gasteiger partial charge < -0.3 is 4.57 Å². The van der Waals surface area contributed by atoms with Gasteiger partial charge in [-0.25, -0.2) is 0 Å². The van der Waals surface area contributed by atoms with E-state index in [1.54, 1.807) is 0 Å². The monoisotopic (exact) mass is 167 g/mol. The molecule has 0 spiro atoms. The lowest BCUT2D eigenvalue weighted by Crippen LogP contribution is -2.43. The third kappa shape index (κ3) is 2.22. The SMILES string of the molecule is CC1=CCN([Si](C)(C)C)C=C1. The summed E-state index contributed by atoms with van der Waals surface area (Å²) in [4.78, 5) is 0. The van der Waals surface area contributed by atoms with Gasteiger partial charge in [0.15, 0.2) is 0 Å². The highest BCUT2D eigenvalue weighted by atomic mass is 28.3. The van der Waals surface area contributed by atoms with Crippen LogP contribution in [-0.2, 0) is 0 Å². The predicted molar refractivity (Wildman–Crippen MR) is 52.9 cm³/mol. The van der Waals surface area contributed by atoms with E-state index in [9.17, 15) is 0 Å². The Balaban J connectivity index is 2.63. The minimum absolute atomic E-state index is 1.08. The lowest BCUT2D eigenvalue weighted by molar-refractivity contribution is 0.616. The maximum atomic E-state index is 2.47. The van der Waals surface area contributed by atoms with Crippen molar-refractivity contribution in [1.82, 2.24) is 4.57 Å². The van der Waals surface area contributed by atoms with Gasteiger partial charge in [0.25, 0.3) is 0 Å². The fraction of sp³-hybridized carbons (Fsp3) is 0.556. The van der Waals surface area contributed by atoms with Gasteiger partial charge in [-0.15, -0.1) is 0 Å². The Morgan fingerprint density at radius 3 is 2.36 bits per heavy atom. The first-order valence-corrected chi connectivity index (χ1v) is 7.56. The van der Waals surface area contributed by atoms with Crippen LogP contribution in [-0.4, -0.2) is 19.3 Å². The van der Waals surface area contributed by atoms with Crippen molar-refractivity contribution in [1.29, 1.82) is 0 Å². The Labute approximate surface area is 70.5 Å². The van der Waals surface area contributed by atoms with E-state index in [0.29, 0.717) is 0 Å². The highest BCUT2D eigenvalue weighted by Crippen LogP contribution is 2.14. The molecule has 1 aliphatic heterocycles. The van der Waals surface area contributed by atoms with E-state index < -0.39 is 8.24 Å². The van der Waals surface area contributed by atoms with Crippen LogP contribution in [0.1, 0.15) is 6.92 Å². The standard InChI is InChI=1S/C9H17NSi/c1-9-5-7-10(8-6-9)11(2,3)4/h5-7H,8H2,1-4H3. The van der Waals surface area contributed by atoms with Crippen LogP contribution in [0.3, 0.4) is 0 Å². The molecule has 0 N–H and O–H groups in total. The lowest BCUT2D eigenvalue weighted by Gasteiger charge is -2.33. The van der Waals surface area contributed by atoms with Gasteiger partial charge in [0, 0.05) is 6.54 Å². The molecule has 1 heterocycles. The van der Waals surface area contributed by atoms with Crippen molar-refractivity contribution in [3.05, 3.63) is 23.9 Å². The van der Waals surface area contributed by atoms with E-state index in [0.717, 1.165) is 6.54 Å². The van der Waals surface area contributed by atoms with Crippen molar-refractivity contribution in [3.8, 4) is 0 Å². The van der Waals surface area contributed by atoms with Crippen LogP contribution >= 0.6 is 0 Å². The molecule has 0 unspecified atom stereocenters.